The third-order valence-corrected chi connectivity index (χ3v) is 5.02. The van der Waals surface area contributed by atoms with Gasteiger partial charge in [0.05, 0.1) is 10.6 Å². The molecule has 2 aromatic carbocycles. The number of hydrogen-bond donors (Lipinski definition) is 1. The molecule has 0 fully saturated rings. The molecule has 0 aliphatic heterocycles. The highest BCUT2D eigenvalue weighted by Crippen LogP contribution is 2.38. The van der Waals surface area contributed by atoms with E-state index in [1.807, 2.05) is 0 Å². The van der Waals surface area contributed by atoms with Gasteiger partial charge < -0.3 is 5.11 Å². The Morgan fingerprint density at radius 3 is 2.47 bits per heavy atom. The van der Waals surface area contributed by atoms with E-state index in [-0.39, 0.29) is 5.56 Å². The van der Waals surface area contributed by atoms with Gasteiger partial charge >= 0.3 is 5.97 Å². The van der Waals surface area contributed by atoms with E-state index in [1.54, 1.807) is 36.4 Å². The van der Waals surface area contributed by atoms with Gasteiger partial charge in [-0.2, -0.15) is 0 Å². The summed E-state index contributed by atoms with van der Waals surface area (Å²) in [4.78, 5) is 12.5. The van der Waals surface area contributed by atoms with Gasteiger partial charge in [-0.15, -0.1) is 0 Å². The predicted molar refractivity (Wildman–Crippen MR) is 81.7 cm³/mol. The summed E-state index contributed by atoms with van der Waals surface area (Å²) in [5, 5.41) is 10.1. The molecule has 0 unspecified atom stereocenters. The van der Waals surface area contributed by atoms with Gasteiger partial charge in [-0.25, -0.2) is 4.79 Å². The van der Waals surface area contributed by atoms with Crippen molar-refractivity contribution in [1.29, 1.82) is 0 Å². The lowest BCUT2D eigenvalue weighted by atomic mass is 10.2. The average molecular weight is 378 g/mol. The molecule has 2 rings (SSSR count). The summed E-state index contributed by atoms with van der Waals surface area (Å²) in [7, 11) is 0. The van der Waals surface area contributed by atoms with E-state index in [4.69, 9.17) is 28.3 Å². The summed E-state index contributed by atoms with van der Waals surface area (Å²) in [6, 6.07) is 10.1. The van der Waals surface area contributed by atoms with Gasteiger partial charge in [-0.1, -0.05) is 35.0 Å². The fraction of sp³-hybridized carbons (Fsp3) is 0. The number of halogens is 3. The van der Waals surface area contributed by atoms with Crippen LogP contribution in [0.25, 0.3) is 0 Å². The molecule has 19 heavy (non-hydrogen) atoms. The average Bonchev–Trinajstić information content (AvgIpc) is 2.36. The summed E-state index contributed by atoms with van der Waals surface area (Å²) in [6.07, 6.45) is 0. The second-order valence-corrected chi connectivity index (χ2v) is 6.41. The van der Waals surface area contributed by atoms with E-state index >= 15 is 0 Å². The Balaban J connectivity index is 2.33. The molecule has 6 heteroatoms. The number of rotatable bonds is 3. The lowest BCUT2D eigenvalue weighted by Crippen LogP contribution is -1.95. The normalized spacial score (nSPS) is 10.5. The number of carboxylic acid groups (broad SMARTS) is 1. The minimum atomic E-state index is -0.960. The first-order valence-corrected chi connectivity index (χ1v) is 7.49. The Hall–Kier alpha value is -0.680. The lowest BCUT2D eigenvalue weighted by molar-refractivity contribution is 0.0696. The van der Waals surface area contributed by atoms with E-state index in [0.717, 1.165) is 9.79 Å². The highest BCUT2D eigenvalue weighted by molar-refractivity contribution is 9.10. The first-order valence-electron chi connectivity index (χ1n) is 5.13. The summed E-state index contributed by atoms with van der Waals surface area (Å²) in [6.45, 7) is 0. The summed E-state index contributed by atoms with van der Waals surface area (Å²) < 4.78 is 0.702. The van der Waals surface area contributed by atoms with Crippen LogP contribution in [0.1, 0.15) is 10.4 Å². The van der Waals surface area contributed by atoms with Crippen molar-refractivity contribution in [2.24, 2.45) is 0 Å². The number of carboxylic acids is 1. The second kappa shape index (κ2) is 6.18. The second-order valence-electron chi connectivity index (χ2n) is 3.63. The lowest BCUT2D eigenvalue weighted by Gasteiger charge is -2.07. The summed E-state index contributed by atoms with van der Waals surface area (Å²) in [5.74, 6) is -0.960. The minimum absolute atomic E-state index is 0.230. The predicted octanol–water partition coefficient (Wildman–Crippen LogP) is 5.61. The molecule has 98 valence electrons. The van der Waals surface area contributed by atoms with Gasteiger partial charge in [0.2, 0.25) is 0 Å². The van der Waals surface area contributed by atoms with Crippen molar-refractivity contribution < 1.29 is 9.90 Å². The van der Waals surface area contributed by atoms with Gasteiger partial charge in [0.15, 0.2) is 0 Å². The first kappa shape index (κ1) is 14.7. The SMILES string of the molecule is O=C(O)c1ccc(Sc2cc(Cl)ccc2Cl)c(Br)c1. The molecule has 0 heterocycles. The maximum absolute atomic E-state index is 10.9. The van der Waals surface area contributed by atoms with Crippen molar-refractivity contribution in [1.82, 2.24) is 0 Å². The molecule has 0 saturated carbocycles. The molecule has 0 radical (unpaired) electrons. The number of aromatic carboxylic acids is 1. The van der Waals surface area contributed by atoms with Crippen molar-refractivity contribution in [3.63, 3.8) is 0 Å². The van der Waals surface area contributed by atoms with Crippen LogP contribution in [0.5, 0.6) is 0 Å². The van der Waals surface area contributed by atoms with Gasteiger partial charge in [0.1, 0.15) is 0 Å². The molecule has 0 aliphatic rings. The molecule has 1 N–H and O–H groups in total. The molecule has 2 aromatic rings. The topological polar surface area (TPSA) is 37.3 Å². The third-order valence-electron chi connectivity index (χ3n) is 2.29. The number of carbonyl (C=O) groups is 1. The van der Waals surface area contributed by atoms with Crippen LogP contribution in [0, 0.1) is 0 Å². The monoisotopic (exact) mass is 376 g/mol. The fourth-order valence-electron chi connectivity index (χ4n) is 1.39. The zero-order valence-corrected chi connectivity index (χ0v) is 13.3. The van der Waals surface area contributed by atoms with Crippen LogP contribution in [0.15, 0.2) is 50.7 Å². The molecular weight excluding hydrogens is 371 g/mol. The van der Waals surface area contributed by atoms with Crippen LogP contribution in [-0.2, 0) is 0 Å². The van der Waals surface area contributed by atoms with Gasteiger partial charge in [0.25, 0.3) is 0 Å². The standard InChI is InChI=1S/C13H7BrCl2O2S/c14-9-5-7(13(17)18)1-4-11(9)19-12-6-8(15)2-3-10(12)16/h1-6H,(H,17,18). The van der Waals surface area contributed by atoms with E-state index < -0.39 is 5.97 Å². The number of benzene rings is 2. The largest absolute Gasteiger partial charge is 0.478 e. The molecular formula is C13H7BrCl2O2S. The van der Waals surface area contributed by atoms with Crippen LogP contribution < -0.4 is 0 Å². The van der Waals surface area contributed by atoms with Crippen molar-refractivity contribution >= 4 is 56.9 Å². The summed E-state index contributed by atoms with van der Waals surface area (Å²) in [5.41, 5.74) is 0.230. The Bertz CT molecular complexity index is 647. The zero-order chi connectivity index (χ0) is 14.0. The molecule has 2 nitrogen and oxygen atoms in total. The molecule has 0 bridgehead atoms. The maximum atomic E-state index is 10.9. The highest BCUT2D eigenvalue weighted by Gasteiger charge is 2.10. The molecule has 0 atom stereocenters. The Morgan fingerprint density at radius 2 is 1.84 bits per heavy atom. The highest BCUT2D eigenvalue weighted by atomic mass is 79.9. The van der Waals surface area contributed by atoms with Crippen molar-refractivity contribution in [3.05, 3.63) is 56.5 Å². The van der Waals surface area contributed by atoms with Crippen LogP contribution in [0.4, 0.5) is 0 Å². The fourth-order valence-corrected chi connectivity index (χ4v) is 3.36. The number of hydrogen-bond acceptors (Lipinski definition) is 2. The zero-order valence-electron chi connectivity index (χ0n) is 9.36. The quantitative estimate of drug-likeness (QED) is 0.755. The molecule has 0 spiro atoms. The van der Waals surface area contributed by atoms with Crippen LogP contribution in [-0.4, -0.2) is 11.1 Å². The van der Waals surface area contributed by atoms with Crippen molar-refractivity contribution in [3.8, 4) is 0 Å². The molecule has 0 amide bonds. The van der Waals surface area contributed by atoms with E-state index in [9.17, 15) is 4.79 Å². The summed E-state index contributed by atoms with van der Waals surface area (Å²) >= 11 is 16.8. The smallest absolute Gasteiger partial charge is 0.335 e. The van der Waals surface area contributed by atoms with Gasteiger partial charge in [0, 0.05) is 19.3 Å². The van der Waals surface area contributed by atoms with Crippen LogP contribution in [0.2, 0.25) is 10.0 Å². The maximum Gasteiger partial charge on any atom is 0.335 e. The van der Waals surface area contributed by atoms with Crippen LogP contribution >= 0.6 is 50.9 Å². The van der Waals surface area contributed by atoms with Gasteiger partial charge in [-0.05, 0) is 52.3 Å². The molecule has 0 aliphatic carbocycles. The first-order chi connectivity index (χ1) is 8.97. The third kappa shape index (κ3) is 3.66. The van der Waals surface area contributed by atoms with E-state index in [1.165, 1.54) is 11.8 Å². The van der Waals surface area contributed by atoms with E-state index in [2.05, 4.69) is 15.9 Å². The minimum Gasteiger partial charge on any atom is -0.478 e. The Kier molecular flexibility index (Phi) is 4.79. The molecule has 0 aromatic heterocycles. The molecule has 0 saturated heterocycles. The van der Waals surface area contributed by atoms with Crippen LogP contribution in [0.3, 0.4) is 0 Å². The van der Waals surface area contributed by atoms with Crippen molar-refractivity contribution in [2.45, 2.75) is 9.79 Å². The Labute approximate surface area is 132 Å². The van der Waals surface area contributed by atoms with Gasteiger partial charge in [-0.3, -0.25) is 0 Å². The Morgan fingerprint density at radius 1 is 1.11 bits per heavy atom. The van der Waals surface area contributed by atoms with E-state index in [0.29, 0.717) is 14.5 Å². The van der Waals surface area contributed by atoms with Crippen molar-refractivity contribution in [2.75, 3.05) is 0 Å².